The molecule has 1 saturated heterocycles. The molecule has 60 valence electrons. The Kier molecular flexibility index (Phi) is 3.52. The minimum absolute atomic E-state index is 0.0789. The summed E-state index contributed by atoms with van der Waals surface area (Å²) in [5.41, 5.74) is 5.40. The molecular formula is C7H15NOS. The Balaban J connectivity index is 2.25. The van der Waals surface area contributed by atoms with Crippen LogP contribution in [0.1, 0.15) is 12.8 Å². The second-order valence-electron chi connectivity index (χ2n) is 2.77. The smallest absolute Gasteiger partial charge is 0.0584 e. The molecule has 3 heteroatoms. The van der Waals surface area contributed by atoms with Crippen molar-refractivity contribution >= 4 is 11.8 Å². The van der Waals surface area contributed by atoms with Crippen molar-refractivity contribution in [1.82, 2.24) is 0 Å². The van der Waals surface area contributed by atoms with E-state index in [9.17, 15) is 5.11 Å². The monoisotopic (exact) mass is 161 g/mol. The summed E-state index contributed by atoms with van der Waals surface area (Å²) >= 11 is 1.93. The lowest BCUT2D eigenvalue weighted by Gasteiger charge is -2.26. The van der Waals surface area contributed by atoms with Crippen molar-refractivity contribution in [2.45, 2.75) is 18.9 Å². The van der Waals surface area contributed by atoms with Gasteiger partial charge in [-0.25, -0.2) is 0 Å². The van der Waals surface area contributed by atoms with Crippen LogP contribution in [0.4, 0.5) is 0 Å². The lowest BCUT2D eigenvalue weighted by Crippen LogP contribution is -2.29. The first kappa shape index (κ1) is 8.37. The van der Waals surface area contributed by atoms with E-state index < -0.39 is 0 Å². The summed E-state index contributed by atoms with van der Waals surface area (Å²) in [6.07, 6.45) is 1.86. The predicted octanol–water partition coefficient (Wildman–Crippen LogP) is 0.449. The third-order valence-electron chi connectivity index (χ3n) is 1.97. The fraction of sp³-hybridized carbons (Fsp3) is 1.00. The lowest BCUT2D eigenvalue weighted by molar-refractivity contribution is 0.109. The topological polar surface area (TPSA) is 46.2 Å². The third kappa shape index (κ3) is 2.15. The van der Waals surface area contributed by atoms with Crippen molar-refractivity contribution in [2.75, 3.05) is 18.1 Å². The highest BCUT2D eigenvalue weighted by Crippen LogP contribution is 2.24. The summed E-state index contributed by atoms with van der Waals surface area (Å²) in [4.78, 5) is 0. The minimum atomic E-state index is -0.0789. The first-order chi connectivity index (χ1) is 4.84. The van der Waals surface area contributed by atoms with Crippen LogP contribution in [0.25, 0.3) is 0 Å². The highest BCUT2D eigenvalue weighted by atomic mass is 32.2. The van der Waals surface area contributed by atoms with E-state index in [4.69, 9.17) is 5.73 Å². The zero-order valence-corrected chi connectivity index (χ0v) is 6.94. The number of rotatable bonds is 2. The van der Waals surface area contributed by atoms with Crippen LogP contribution in [0, 0.1) is 5.92 Å². The summed E-state index contributed by atoms with van der Waals surface area (Å²) in [7, 11) is 0. The van der Waals surface area contributed by atoms with E-state index >= 15 is 0 Å². The first-order valence-electron chi connectivity index (χ1n) is 3.80. The summed E-state index contributed by atoms with van der Waals surface area (Å²) in [6, 6.07) is 0. The Morgan fingerprint density at radius 1 is 1.60 bits per heavy atom. The zero-order chi connectivity index (χ0) is 7.40. The van der Waals surface area contributed by atoms with Gasteiger partial charge in [0.25, 0.3) is 0 Å². The highest BCUT2D eigenvalue weighted by Gasteiger charge is 2.21. The van der Waals surface area contributed by atoms with Crippen molar-refractivity contribution < 1.29 is 5.11 Å². The van der Waals surface area contributed by atoms with Crippen LogP contribution >= 0.6 is 11.8 Å². The van der Waals surface area contributed by atoms with Crippen LogP contribution in [0.5, 0.6) is 0 Å². The number of nitrogens with two attached hydrogens (primary N) is 1. The van der Waals surface area contributed by atoms with Crippen LogP contribution < -0.4 is 5.73 Å². The quantitative estimate of drug-likeness (QED) is 0.618. The fourth-order valence-electron chi connectivity index (χ4n) is 1.28. The van der Waals surface area contributed by atoms with Crippen LogP contribution in [0.15, 0.2) is 0 Å². The maximum atomic E-state index is 9.43. The van der Waals surface area contributed by atoms with Gasteiger partial charge in [0.1, 0.15) is 0 Å². The summed E-state index contributed by atoms with van der Waals surface area (Å²) < 4.78 is 0. The maximum absolute atomic E-state index is 9.43. The Hall–Kier alpha value is 0.270. The van der Waals surface area contributed by atoms with Gasteiger partial charge in [-0.05, 0) is 36.8 Å². The molecule has 1 rings (SSSR count). The molecule has 1 fully saturated rings. The van der Waals surface area contributed by atoms with Gasteiger partial charge in [0, 0.05) is 0 Å². The number of hydrogen-bond donors (Lipinski definition) is 2. The highest BCUT2D eigenvalue weighted by molar-refractivity contribution is 7.99. The molecule has 0 aromatic heterocycles. The molecule has 0 aromatic carbocycles. The number of hydrogen-bond acceptors (Lipinski definition) is 3. The van der Waals surface area contributed by atoms with Gasteiger partial charge in [0.15, 0.2) is 0 Å². The standard InChI is InChI=1S/C7H15NOS/c8-3-1-6-5-10-4-2-7(6)9/h6-7,9H,1-5,8H2. The first-order valence-corrected chi connectivity index (χ1v) is 4.96. The van der Waals surface area contributed by atoms with E-state index in [2.05, 4.69) is 0 Å². The molecule has 0 amide bonds. The zero-order valence-electron chi connectivity index (χ0n) is 6.12. The normalized spacial score (nSPS) is 34.2. The average Bonchev–Trinajstić information content (AvgIpc) is 1.94. The van der Waals surface area contributed by atoms with Gasteiger partial charge in [-0.15, -0.1) is 0 Å². The SMILES string of the molecule is NCCC1CSCCC1O. The summed E-state index contributed by atoms with van der Waals surface area (Å²) in [6.45, 7) is 0.711. The molecule has 0 aromatic rings. The van der Waals surface area contributed by atoms with Gasteiger partial charge in [0.2, 0.25) is 0 Å². The molecule has 1 aliphatic heterocycles. The van der Waals surface area contributed by atoms with E-state index in [1.807, 2.05) is 11.8 Å². The second kappa shape index (κ2) is 4.21. The minimum Gasteiger partial charge on any atom is -0.393 e. The molecule has 2 unspecified atom stereocenters. The largest absolute Gasteiger partial charge is 0.393 e. The van der Waals surface area contributed by atoms with Crippen LogP contribution in [0.2, 0.25) is 0 Å². The Morgan fingerprint density at radius 3 is 3.00 bits per heavy atom. The molecule has 10 heavy (non-hydrogen) atoms. The summed E-state index contributed by atoms with van der Waals surface area (Å²) in [5.74, 6) is 2.67. The van der Waals surface area contributed by atoms with Crippen LogP contribution in [-0.4, -0.2) is 29.3 Å². The number of thioether (sulfide) groups is 1. The molecule has 0 bridgehead atoms. The second-order valence-corrected chi connectivity index (χ2v) is 3.92. The predicted molar refractivity (Wildman–Crippen MR) is 45.1 cm³/mol. The Morgan fingerprint density at radius 2 is 2.40 bits per heavy atom. The molecule has 2 nitrogen and oxygen atoms in total. The van der Waals surface area contributed by atoms with E-state index in [-0.39, 0.29) is 6.10 Å². The van der Waals surface area contributed by atoms with E-state index in [0.717, 1.165) is 24.3 Å². The molecule has 0 aliphatic carbocycles. The van der Waals surface area contributed by atoms with Gasteiger partial charge in [0.05, 0.1) is 6.10 Å². The van der Waals surface area contributed by atoms with Crippen molar-refractivity contribution in [3.05, 3.63) is 0 Å². The van der Waals surface area contributed by atoms with Gasteiger partial charge in [-0.3, -0.25) is 0 Å². The van der Waals surface area contributed by atoms with Crippen molar-refractivity contribution in [2.24, 2.45) is 11.7 Å². The van der Waals surface area contributed by atoms with E-state index in [1.165, 1.54) is 0 Å². The molecule has 3 N–H and O–H groups in total. The third-order valence-corrected chi connectivity index (χ3v) is 3.16. The van der Waals surface area contributed by atoms with Gasteiger partial charge in [-0.1, -0.05) is 0 Å². The molecule has 1 heterocycles. The molecule has 0 radical (unpaired) electrons. The molecule has 0 spiro atoms. The molecule has 2 atom stereocenters. The summed E-state index contributed by atoms with van der Waals surface area (Å²) in [5, 5.41) is 9.43. The Bertz CT molecular complexity index is 97.6. The molecule has 1 aliphatic rings. The van der Waals surface area contributed by atoms with Gasteiger partial charge in [-0.2, -0.15) is 11.8 Å². The Labute approximate surface area is 66.2 Å². The maximum Gasteiger partial charge on any atom is 0.0584 e. The van der Waals surface area contributed by atoms with Crippen LogP contribution in [-0.2, 0) is 0 Å². The lowest BCUT2D eigenvalue weighted by atomic mass is 9.98. The number of aliphatic hydroxyl groups excluding tert-OH is 1. The van der Waals surface area contributed by atoms with E-state index in [1.54, 1.807) is 0 Å². The van der Waals surface area contributed by atoms with E-state index in [0.29, 0.717) is 12.5 Å². The van der Waals surface area contributed by atoms with Crippen molar-refractivity contribution in [1.29, 1.82) is 0 Å². The van der Waals surface area contributed by atoms with Crippen molar-refractivity contribution in [3.8, 4) is 0 Å². The molecule has 0 saturated carbocycles. The van der Waals surface area contributed by atoms with Gasteiger partial charge < -0.3 is 10.8 Å². The van der Waals surface area contributed by atoms with Gasteiger partial charge >= 0.3 is 0 Å². The average molecular weight is 161 g/mol. The number of aliphatic hydroxyl groups is 1. The fourth-order valence-corrected chi connectivity index (χ4v) is 2.54. The molecular weight excluding hydrogens is 146 g/mol. The van der Waals surface area contributed by atoms with Crippen LogP contribution in [0.3, 0.4) is 0 Å². The van der Waals surface area contributed by atoms with Crippen molar-refractivity contribution in [3.63, 3.8) is 0 Å².